The highest BCUT2D eigenvalue weighted by Crippen LogP contribution is 2.30. The number of carbonyl (C=O) groups is 1. The Balaban J connectivity index is 1.26. The molecule has 1 aliphatic rings. The summed E-state index contributed by atoms with van der Waals surface area (Å²) in [7, 11) is 1.67. The summed E-state index contributed by atoms with van der Waals surface area (Å²) >= 11 is 0. The summed E-state index contributed by atoms with van der Waals surface area (Å²) in [4.78, 5) is 27.4. The van der Waals surface area contributed by atoms with E-state index < -0.39 is 5.97 Å². The zero-order valence-corrected chi connectivity index (χ0v) is 19.9. The summed E-state index contributed by atoms with van der Waals surface area (Å²) in [6, 6.07) is 9.86. The zero-order valence-electron chi connectivity index (χ0n) is 19.9. The van der Waals surface area contributed by atoms with E-state index in [1.165, 1.54) is 5.56 Å². The number of carboxylic acids is 1. The van der Waals surface area contributed by atoms with Crippen LogP contribution in [0.1, 0.15) is 43.5 Å². The van der Waals surface area contributed by atoms with Crippen molar-refractivity contribution in [1.82, 2.24) is 19.9 Å². The quantitative estimate of drug-likeness (QED) is 0.423. The number of nitrogens with zero attached hydrogens (tertiary/aromatic N) is 4. The largest absolute Gasteiger partial charge is 0.497 e. The van der Waals surface area contributed by atoms with Crippen molar-refractivity contribution in [3.8, 4) is 5.75 Å². The molecule has 0 unspecified atom stereocenters. The average Bonchev–Trinajstić information content (AvgIpc) is 2.87. The molecule has 0 bridgehead atoms. The van der Waals surface area contributed by atoms with Crippen molar-refractivity contribution in [3.05, 3.63) is 60.3 Å². The lowest BCUT2D eigenvalue weighted by atomic mass is 9.81. The van der Waals surface area contributed by atoms with Gasteiger partial charge in [-0.25, -0.2) is 9.97 Å². The van der Waals surface area contributed by atoms with E-state index in [2.05, 4.69) is 25.9 Å². The number of aryl methyl sites for hydroxylation is 2. The standard InChI is InChI=1S/C27H34N4O3/c1-34-22-9-10-25-23(18-22)20(11-15-28-25)6-4-7-21-12-17-31(19-24(21)27(32)33)16-3-2-8-26-29-13-5-14-30-26/h5,9-11,13-15,18,21,24H,2-4,6-8,12,16-17,19H2,1H3,(H,32,33)/t21-,24+/m1/s1. The lowest BCUT2D eigenvalue weighted by Crippen LogP contribution is -2.44. The lowest BCUT2D eigenvalue weighted by molar-refractivity contribution is -0.146. The number of likely N-dealkylation sites (tertiary alicyclic amines) is 1. The zero-order chi connectivity index (χ0) is 23.8. The number of fused-ring (bicyclic) bond motifs is 1. The van der Waals surface area contributed by atoms with Gasteiger partial charge in [-0.15, -0.1) is 0 Å². The van der Waals surface area contributed by atoms with Crippen LogP contribution in [0, 0.1) is 11.8 Å². The minimum atomic E-state index is -0.661. The van der Waals surface area contributed by atoms with Crippen LogP contribution in [0.3, 0.4) is 0 Å². The molecule has 3 aromatic rings. The van der Waals surface area contributed by atoms with Crippen LogP contribution in [0.2, 0.25) is 0 Å². The Hall–Kier alpha value is -3.06. The first-order valence-electron chi connectivity index (χ1n) is 12.3. The number of carboxylic acid groups (broad SMARTS) is 1. The molecule has 7 heteroatoms. The van der Waals surface area contributed by atoms with Gasteiger partial charge in [0.1, 0.15) is 11.6 Å². The number of piperidine rings is 1. The van der Waals surface area contributed by atoms with Gasteiger partial charge < -0.3 is 14.7 Å². The molecule has 180 valence electrons. The van der Waals surface area contributed by atoms with E-state index in [1.807, 2.05) is 30.5 Å². The second kappa shape index (κ2) is 11.9. The highest BCUT2D eigenvalue weighted by atomic mass is 16.5. The fourth-order valence-electron chi connectivity index (χ4n) is 5.06. The SMILES string of the molecule is COc1ccc2nccc(CCC[C@@H]3CCN(CCCCc4ncccn4)C[C@@H]3C(=O)O)c2c1. The van der Waals surface area contributed by atoms with Crippen molar-refractivity contribution in [3.63, 3.8) is 0 Å². The number of hydrogen-bond acceptors (Lipinski definition) is 6. The van der Waals surface area contributed by atoms with Crippen LogP contribution in [-0.4, -0.2) is 57.7 Å². The molecule has 34 heavy (non-hydrogen) atoms. The monoisotopic (exact) mass is 462 g/mol. The van der Waals surface area contributed by atoms with Crippen molar-refractivity contribution in [2.24, 2.45) is 11.8 Å². The highest BCUT2D eigenvalue weighted by molar-refractivity contribution is 5.83. The second-order valence-electron chi connectivity index (χ2n) is 9.16. The van der Waals surface area contributed by atoms with E-state index in [0.29, 0.717) is 6.54 Å². The molecular weight excluding hydrogens is 428 g/mol. The Bertz CT molecular complexity index is 1080. The van der Waals surface area contributed by atoms with E-state index in [1.54, 1.807) is 19.5 Å². The average molecular weight is 463 g/mol. The molecule has 1 N–H and O–H groups in total. The van der Waals surface area contributed by atoms with Gasteiger partial charge in [0.05, 0.1) is 18.5 Å². The van der Waals surface area contributed by atoms with Gasteiger partial charge in [0.2, 0.25) is 0 Å². The molecule has 1 saturated heterocycles. The Labute approximate surface area is 201 Å². The van der Waals surface area contributed by atoms with Gasteiger partial charge in [-0.2, -0.15) is 0 Å². The summed E-state index contributed by atoms with van der Waals surface area (Å²) in [6.07, 6.45) is 12.1. The summed E-state index contributed by atoms with van der Waals surface area (Å²) in [5.74, 6) is 0.988. The summed E-state index contributed by atoms with van der Waals surface area (Å²) < 4.78 is 5.38. The van der Waals surface area contributed by atoms with Gasteiger partial charge in [0, 0.05) is 36.9 Å². The number of aliphatic carboxylic acids is 1. The molecule has 4 rings (SSSR count). The summed E-state index contributed by atoms with van der Waals surface area (Å²) in [5, 5.41) is 11.0. The lowest BCUT2D eigenvalue weighted by Gasteiger charge is -2.36. The first-order valence-corrected chi connectivity index (χ1v) is 12.3. The smallest absolute Gasteiger partial charge is 0.308 e. The Morgan fingerprint density at radius 3 is 2.74 bits per heavy atom. The van der Waals surface area contributed by atoms with Gasteiger partial charge >= 0.3 is 5.97 Å². The van der Waals surface area contributed by atoms with Gasteiger partial charge in [0.15, 0.2) is 0 Å². The number of pyridine rings is 1. The van der Waals surface area contributed by atoms with Crippen LogP contribution in [0.25, 0.3) is 10.9 Å². The van der Waals surface area contributed by atoms with Crippen LogP contribution < -0.4 is 4.74 Å². The van der Waals surface area contributed by atoms with Crippen molar-refractivity contribution in [2.45, 2.75) is 44.9 Å². The van der Waals surface area contributed by atoms with Crippen LogP contribution in [-0.2, 0) is 17.6 Å². The molecule has 1 aliphatic heterocycles. The number of rotatable bonds is 11. The summed E-state index contributed by atoms with van der Waals surface area (Å²) in [6.45, 7) is 2.57. The second-order valence-corrected chi connectivity index (χ2v) is 9.16. The van der Waals surface area contributed by atoms with E-state index in [-0.39, 0.29) is 11.8 Å². The molecule has 0 aliphatic carbocycles. The fraction of sp³-hybridized carbons (Fsp3) is 0.481. The third-order valence-electron chi connectivity index (χ3n) is 6.96. The van der Waals surface area contributed by atoms with Crippen molar-refractivity contribution >= 4 is 16.9 Å². The van der Waals surface area contributed by atoms with Gasteiger partial charge in [0.25, 0.3) is 0 Å². The molecular formula is C27H34N4O3. The first kappa shape index (κ1) is 24.1. The number of aromatic nitrogens is 3. The molecule has 2 atom stereocenters. The predicted molar refractivity (Wildman–Crippen MR) is 132 cm³/mol. The summed E-state index contributed by atoms with van der Waals surface area (Å²) in [5.41, 5.74) is 2.21. The predicted octanol–water partition coefficient (Wildman–Crippen LogP) is 4.40. The highest BCUT2D eigenvalue weighted by Gasteiger charge is 2.33. The Morgan fingerprint density at radius 2 is 1.94 bits per heavy atom. The Morgan fingerprint density at radius 1 is 1.09 bits per heavy atom. The van der Waals surface area contributed by atoms with Gasteiger partial charge in [-0.05, 0) is 93.4 Å². The first-order chi connectivity index (χ1) is 16.6. The third kappa shape index (κ3) is 6.29. The molecule has 7 nitrogen and oxygen atoms in total. The van der Waals surface area contributed by atoms with E-state index >= 15 is 0 Å². The van der Waals surface area contributed by atoms with Crippen LogP contribution >= 0.6 is 0 Å². The van der Waals surface area contributed by atoms with Crippen LogP contribution in [0.5, 0.6) is 5.75 Å². The number of hydrogen-bond donors (Lipinski definition) is 1. The number of benzene rings is 1. The van der Waals surface area contributed by atoms with Crippen molar-refractivity contribution in [1.29, 1.82) is 0 Å². The Kier molecular flexibility index (Phi) is 8.41. The topological polar surface area (TPSA) is 88.4 Å². The van der Waals surface area contributed by atoms with Crippen molar-refractivity contribution in [2.75, 3.05) is 26.7 Å². The van der Waals surface area contributed by atoms with E-state index in [9.17, 15) is 9.90 Å². The van der Waals surface area contributed by atoms with Crippen molar-refractivity contribution < 1.29 is 14.6 Å². The van der Waals surface area contributed by atoms with E-state index in [0.717, 1.165) is 80.5 Å². The number of ether oxygens (including phenoxy) is 1. The van der Waals surface area contributed by atoms with Crippen LogP contribution in [0.4, 0.5) is 0 Å². The molecule has 0 saturated carbocycles. The van der Waals surface area contributed by atoms with Gasteiger partial charge in [-0.1, -0.05) is 0 Å². The molecule has 1 aromatic carbocycles. The van der Waals surface area contributed by atoms with E-state index in [4.69, 9.17) is 4.74 Å². The molecule has 0 amide bonds. The maximum absolute atomic E-state index is 12.0. The molecule has 2 aromatic heterocycles. The molecule has 1 fully saturated rings. The minimum Gasteiger partial charge on any atom is -0.497 e. The number of methoxy groups -OCH3 is 1. The number of unbranched alkanes of at least 4 members (excludes halogenated alkanes) is 1. The minimum absolute atomic E-state index is 0.231. The van der Waals surface area contributed by atoms with Gasteiger partial charge in [-0.3, -0.25) is 9.78 Å². The maximum atomic E-state index is 12.0. The fourth-order valence-corrected chi connectivity index (χ4v) is 5.06. The molecule has 0 radical (unpaired) electrons. The van der Waals surface area contributed by atoms with Crippen LogP contribution in [0.15, 0.2) is 48.9 Å². The molecule has 0 spiro atoms. The normalized spacial score (nSPS) is 18.7. The third-order valence-corrected chi connectivity index (χ3v) is 6.96. The maximum Gasteiger partial charge on any atom is 0.308 e. The molecule has 3 heterocycles.